The van der Waals surface area contributed by atoms with Gasteiger partial charge in [-0.05, 0) is 25.3 Å². The SMILES string of the molecule is Nc1cc(F)c(N2CCCCC2)cc1N. The largest absolute Gasteiger partial charge is 0.397 e. The summed E-state index contributed by atoms with van der Waals surface area (Å²) in [6.45, 7) is 1.81. The molecule has 3 nitrogen and oxygen atoms in total. The molecule has 1 aromatic carbocycles. The van der Waals surface area contributed by atoms with Gasteiger partial charge in [-0.2, -0.15) is 0 Å². The second-order valence-electron chi connectivity index (χ2n) is 3.98. The van der Waals surface area contributed by atoms with Crippen LogP contribution in [0.15, 0.2) is 12.1 Å². The molecule has 0 amide bonds. The number of hydrogen-bond acceptors (Lipinski definition) is 3. The highest BCUT2D eigenvalue weighted by molar-refractivity contribution is 5.70. The maximum atomic E-state index is 13.6. The molecule has 0 bridgehead atoms. The highest BCUT2D eigenvalue weighted by Gasteiger charge is 2.15. The number of hydrogen-bond donors (Lipinski definition) is 2. The van der Waals surface area contributed by atoms with Crippen molar-refractivity contribution < 1.29 is 4.39 Å². The van der Waals surface area contributed by atoms with Crippen LogP contribution >= 0.6 is 0 Å². The smallest absolute Gasteiger partial charge is 0.148 e. The van der Waals surface area contributed by atoms with Crippen molar-refractivity contribution in [2.24, 2.45) is 0 Å². The second-order valence-corrected chi connectivity index (χ2v) is 3.98. The molecule has 4 heteroatoms. The second kappa shape index (κ2) is 3.96. The minimum Gasteiger partial charge on any atom is -0.397 e. The Bertz CT molecular complexity index is 359. The van der Waals surface area contributed by atoms with Crippen molar-refractivity contribution in [3.05, 3.63) is 17.9 Å². The topological polar surface area (TPSA) is 55.3 Å². The van der Waals surface area contributed by atoms with Crippen LogP contribution in [0.1, 0.15) is 19.3 Å². The number of benzene rings is 1. The van der Waals surface area contributed by atoms with Gasteiger partial charge in [0.05, 0.1) is 17.1 Å². The summed E-state index contributed by atoms with van der Waals surface area (Å²) in [4.78, 5) is 2.04. The normalized spacial score (nSPS) is 16.7. The maximum absolute atomic E-state index is 13.6. The lowest BCUT2D eigenvalue weighted by Gasteiger charge is -2.29. The molecule has 0 saturated carbocycles. The minimum absolute atomic E-state index is 0.274. The summed E-state index contributed by atoms with van der Waals surface area (Å²) in [5.41, 5.74) is 12.6. The first-order valence-corrected chi connectivity index (χ1v) is 5.28. The fourth-order valence-corrected chi connectivity index (χ4v) is 1.97. The first-order valence-electron chi connectivity index (χ1n) is 5.28. The summed E-state index contributed by atoms with van der Waals surface area (Å²) in [7, 11) is 0. The molecule has 1 aliphatic rings. The fraction of sp³-hybridized carbons (Fsp3) is 0.455. The Labute approximate surface area is 88.9 Å². The van der Waals surface area contributed by atoms with Crippen molar-refractivity contribution in [2.45, 2.75) is 19.3 Å². The van der Waals surface area contributed by atoms with Crippen molar-refractivity contribution in [1.82, 2.24) is 0 Å². The Morgan fingerprint density at radius 1 is 1.00 bits per heavy atom. The van der Waals surface area contributed by atoms with E-state index in [4.69, 9.17) is 11.5 Å². The Morgan fingerprint density at radius 3 is 2.27 bits per heavy atom. The molecule has 0 unspecified atom stereocenters. The number of rotatable bonds is 1. The number of nitrogens with zero attached hydrogens (tertiary/aromatic N) is 1. The zero-order valence-corrected chi connectivity index (χ0v) is 8.67. The van der Waals surface area contributed by atoms with Gasteiger partial charge in [0.2, 0.25) is 0 Å². The lowest BCUT2D eigenvalue weighted by atomic mass is 10.1. The van der Waals surface area contributed by atoms with Crippen LogP contribution in [0.4, 0.5) is 21.5 Å². The third kappa shape index (κ3) is 1.98. The van der Waals surface area contributed by atoms with Crippen molar-refractivity contribution in [1.29, 1.82) is 0 Å². The number of nitrogens with two attached hydrogens (primary N) is 2. The van der Waals surface area contributed by atoms with Crippen LogP contribution in [0.2, 0.25) is 0 Å². The Morgan fingerprint density at radius 2 is 1.60 bits per heavy atom. The molecule has 1 aromatic rings. The van der Waals surface area contributed by atoms with Crippen molar-refractivity contribution >= 4 is 17.1 Å². The van der Waals surface area contributed by atoms with Gasteiger partial charge in [0, 0.05) is 19.2 Å². The van der Waals surface area contributed by atoms with Gasteiger partial charge in [-0.15, -0.1) is 0 Å². The van der Waals surface area contributed by atoms with E-state index in [1.54, 1.807) is 6.07 Å². The zero-order valence-electron chi connectivity index (χ0n) is 8.67. The van der Waals surface area contributed by atoms with Crippen LogP contribution in [-0.2, 0) is 0 Å². The molecule has 4 N–H and O–H groups in total. The summed E-state index contributed by atoms with van der Waals surface area (Å²) in [5, 5.41) is 0. The third-order valence-electron chi connectivity index (χ3n) is 2.85. The summed E-state index contributed by atoms with van der Waals surface area (Å²) in [6.07, 6.45) is 3.45. The van der Waals surface area contributed by atoms with Crippen LogP contribution in [0, 0.1) is 5.82 Å². The number of nitrogen functional groups attached to an aromatic ring is 2. The average molecular weight is 209 g/mol. The van der Waals surface area contributed by atoms with Gasteiger partial charge < -0.3 is 16.4 Å². The third-order valence-corrected chi connectivity index (χ3v) is 2.85. The van der Waals surface area contributed by atoms with E-state index in [0.29, 0.717) is 17.1 Å². The van der Waals surface area contributed by atoms with E-state index in [1.165, 1.54) is 12.5 Å². The molecule has 1 heterocycles. The summed E-state index contributed by atoms with van der Waals surface area (Å²) < 4.78 is 13.6. The number of halogens is 1. The molecular formula is C11H16FN3. The molecule has 15 heavy (non-hydrogen) atoms. The average Bonchev–Trinajstić information content (AvgIpc) is 2.25. The maximum Gasteiger partial charge on any atom is 0.148 e. The Kier molecular flexibility index (Phi) is 2.66. The van der Waals surface area contributed by atoms with E-state index >= 15 is 0 Å². The molecule has 2 rings (SSSR count). The molecule has 1 aliphatic heterocycles. The highest BCUT2D eigenvalue weighted by Crippen LogP contribution is 2.28. The predicted octanol–water partition coefficient (Wildman–Crippen LogP) is 1.98. The van der Waals surface area contributed by atoms with Crippen LogP contribution in [0.25, 0.3) is 0 Å². The van der Waals surface area contributed by atoms with Crippen molar-refractivity contribution in [3.8, 4) is 0 Å². The van der Waals surface area contributed by atoms with Crippen LogP contribution in [0.3, 0.4) is 0 Å². The van der Waals surface area contributed by atoms with Gasteiger partial charge in [0.15, 0.2) is 0 Å². The molecule has 0 spiro atoms. The standard InChI is InChI=1S/C11H16FN3/c12-8-6-9(13)10(14)7-11(8)15-4-2-1-3-5-15/h6-7H,1-5,13-14H2. The molecule has 0 aromatic heterocycles. The lowest BCUT2D eigenvalue weighted by molar-refractivity contribution is 0.557. The van der Waals surface area contributed by atoms with E-state index in [0.717, 1.165) is 25.9 Å². The first-order chi connectivity index (χ1) is 7.18. The van der Waals surface area contributed by atoms with Gasteiger partial charge >= 0.3 is 0 Å². The van der Waals surface area contributed by atoms with E-state index in [1.807, 2.05) is 4.90 Å². The van der Waals surface area contributed by atoms with E-state index in [9.17, 15) is 4.39 Å². The predicted molar refractivity (Wildman–Crippen MR) is 61.3 cm³/mol. The molecule has 0 atom stereocenters. The van der Waals surface area contributed by atoms with Gasteiger partial charge in [-0.3, -0.25) is 0 Å². The fourth-order valence-electron chi connectivity index (χ4n) is 1.97. The summed E-state index contributed by atoms with van der Waals surface area (Å²) in [6, 6.07) is 2.94. The molecule has 82 valence electrons. The van der Waals surface area contributed by atoms with E-state index in [2.05, 4.69) is 0 Å². The van der Waals surface area contributed by atoms with E-state index < -0.39 is 0 Å². The van der Waals surface area contributed by atoms with E-state index in [-0.39, 0.29) is 5.82 Å². The van der Waals surface area contributed by atoms with Crippen LogP contribution in [-0.4, -0.2) is 13.1 Å². The molecule has 0 aliphatic carbocycles. The quantitative estimate of drug-likeness (QED) is 0.695. The lowest BCUT2D eigenvalue weighted by Crippen LogP contribution is -2.30. The van der Waals surface area contributed by atoms with Crippen molar-refractivity contribution in [3.63, 3.8) is 0 Å². The van der Waals surface area contributed by atoms with Gasteiger partial charge in [-0.25, -0.2) is 4.39 Å². The molecule has 0 radical (unpaired) electrons. The Balaban J connectivity index is 2.30. The number of piperidine rings is 1. The van der Waals surface area contributed by atoms with Crippen LogP contribution < -0.4 is 16.4 Å². The monoisotopic (exact) mass is 209 g/mol. The van der Waals surface area contributed by atoms with Gasteiger partial charge in [0.25, 0.3) is 0 Å². The molecule has 1 fully saturated rings. The molecule has 1 saturated heterocycles. The first kappa shape index (κ1) is 10.1. The zero-order chi connectivity index (χ0) is 10.8. The molecular weight excluding hydrogens is 193 g/mol. The Hall–Kier alpha value is -1.45. The highest BCUT2D eigenvalue weighted by atomic mass is 19.1. The van der Waals surface area contributed by atoms with Crippen LogP contribution in [0.5, 0.6) is 0 Å². The minimum atomic E-state index is -0.274. The summed E-state index contributed by atoms with van der Waals surface area (Å²) in [5.74, 6) is -0.274. The van der Waals surface area contributed by atoms with Gasteiger partial charge in [0.1, 0.15) is 5.82 Å². The number of anilines is 3. The van der Waals surface area contributed by atoms with Crippen molar-refractivity contribution in [2.75, 3.05) is 29.5 Å². The van der Waals surface area contributed by atoms with Gasteiger partial charge in [-0.1, -0.05) is 0 Å². The summed E-state index contributed by atoms with van der Waals surface area (Å²) >= 11 is 0.